The summed E-state index contributed by atoms with van der Waals surface area (Å²) in [7, 11) is -4.07. The van der Waals surface area contributed by atoms with Crippen molar-refractivity contribution in [2.24, 2.45) is 0 Å². The van der Waals surface area contributed by atoms with Gasteiger partial charge in [0.25, 0.3) is 0 Å². The van der Waals surface area contributed by atoms with Crippen LogP contribution in [-0.4, -0.2) is 31.7 Å². The molecule has 0 saturated carbocycles. The van der Waals surface area contributed by atoms with Crippen molar-refractivity contribution < 1.29 is 13.2 Å². The van der Waals surface area contributed by atoms with E-state index in [0.717, 1.165) is 21.0 Å². The molecule has 32 heavy (non-hydrogen) atoms. The van der Waals surface area contributed by atoms with Gasteiger partial charge in [-0.15, -0.1) is 0 Å². The molecule has 0 saturated heterocycles. The fourth-order valence-electron chi connectivity index (χ4n) is 3.22. The maximum Gasteiger partial charge on any atom is 0.245 e. The van der Waals surface area contributed by atoms with Crippen LogP contribution in [0, 0.1) is 13.8 Å². The lowest BCUT2D eigenvalue weighted by Crippen LogP contribution is -2.39. The van der Waals surface area contributed by atoms with Gasteiger partial charge in [-0.2, -0.15) is 4.31 Å². The molecule has 0 spiro atoms. The van der Waals surface area contributed by atoms with E-state index in [-0.39, 0.29) is 28.0 Å². The SMILES string of the molecule is Cc1ccc(C)c(NC(=O)CN(CCc2ccccc2)S(=O)(=O)c2cc(Cl)ccc2Cl)c1. The first-order valence-electron chi connectivity index (χ1n) is 10.0. The molecule has 0 aliphatic heterocycles. The number of carbonyl (C=O) groups excluding carboxylic acids is 1. The molecule has 0 heterocycles. The Bertz CT molecular complexity index is 1220. The van der Waals surface area contributed by atoms with Crippen LogP contribution in [-0.2, 0) is 21.2 Å². The molecular weight excluding hydrogens is 467 g/mol. The first-order chi connectivity index (χ1) is 15.2. The summed E-state index contributed by atoms with van der Waals surface area (Å²) in [5, 5.41) is 3.12. The van der Waals surface area contributed by atoms with E-state index in [9.17, 15) is 13.2 Å². The zero-order valence-corrected chi connectivity index (χ0v) is 20.1. The lowest BCUT2D eigenvalue weighted by Gasteiger charge is -2.23. The van der Waals surface area contributed by atoms with E-state index in [2.05, 4.69) is 5.32 Å². The Morgan fingerprint density at radius 3 is 2.41 bits per heavy atom. The quantitative estimate of drug-likeness (QED) is 0.454. The Labute approximate surface area is 199 Å². The monoisotopic (exact) mass is 490 g/mol. The van der Waals surface area contributed by atoms with Gasteiger partial charge in [-0.25, -0.2) is 8.42 Å². The molecule has 0 fully saturated rings. The van der Waals surface area contributed by atoms with Gasteiger partial charge in [-0.3, -0.25) is 4.79 Å². The van der Waals surface area contributed by atoms with E-state index in [4.69, 9.17) is 23.2 Å². The Hall–Kier alpha value is -2.38. The van der Waals surface area contributed by atoms with Crippen molar-refractivity contribution >= 4 is 44.8 Å². The fraction of sp³-hybridized carbons (Fsp3) is 0.208. The van der Waals surface area contributed by atoms with Gasteiger partial charge in [0.15, 0.2) is 0 Å². The summed E-state index contributed by atoms with van der Waals surface area (Å²) < 4.78 is 28.0. The molecule has 1 N–H and O–H groups in total. The highest BCUT2D eigenvalue weighted by molar-refractivity contribution is 7.89. The Morgan fingerprint density at radius 1 is 0.969 bits per heavy atom. The summed E-state index contributed by atoms with van der Waals surface area (Å²) in [6.45, 7) is 3.55. The number of carbonyl (C=O) groups is 1. The topological polar surface area (TPSA) is 66.5 Å². The Kier molecular flexibility index (Phi) is 7.96. The molecular formula is C24H24Cl2N2O3S. The molecule has 0 atom stereocenters. The van der Waals surface area contributed by atoms with Crippen LogP contribution in [0.5, 0.6) is 0 Å². The van der Waals surface area contributed by atoms with Gasteiger partial charge in [0.1, 0.15) is 4.90 Å². The van der Waals surface area contributed by atoms with Gasteiger partial charge in [0.05, 0.1) is 11.6 Å². The molecule has 3 rings (SSSR count). The second-order valence-corrected chi connectivity index (χ2v) is 10.3. The van der Waals surface area contributed by atoms with Gasteiger partial charge >= 0.3 is 0 Å². The summed E-state index contributed by atoms with van der Waals surface area (Å²) in [6.07, 6.45) is 0.439. The van der Waals surface area contributed by atoms with E-state index in [0.29, 0.717) is 12.1 Å². The van der Waals surface area contributed by atoms with Crippen LogP contribution in [0.3, 0.4) is 0 Å². The molecule has 0 aliphatic carbocycles. The number of benzene rings is 3. The zero-order valence-electron chi connectivity index (χ0n) is 17.8. The summed E-state index contributed by atoms with van der Waals surface area (Å²) in [5.41, 5.74) is 3.49. The molecule has 168 valence electrons. The van der Waals surface area contributed by atoms with Crippen molar-refractivity contribution in [3.05, 3.63) is 93.5 Å². The van der Waals surface area contributed by atoms with E-state index < -0.39 is 15.9 Å². The van der Waals surface area contributed by atoms with Crippen LogP contribution in [0.15, 0.2) is 71.6 Å². The number of hydrogen-bond donors (Lipinski definition) is 1. The van der Waals surface area contributed by atoms with Gasteiger partial charge in [0, 0.05) is 17.3 Å². The highest BCUT2D eigenvalue weighted by Gasteiger charge is 2.29. The minimum Gasteiger partial charge on any atom is -0.325 e. The maximum absolute atomic E-state index is 13.4. The number of nitrogens with one attached hydrogen (secondary N) is 1. The van der Waals surface area contributed by atoms with Gasteiger partial charge in [-0.05, 0) is 61.2 Å². The van der Waals surface area contributed by atoms with Gasteiger partial charge in [0.2, 0.25) is 15.9 Å². The molecule has 3 aromatic rings. The number of halogens is 2. The smallest absolute Gasteiger partial charge is 0.245 e. The van der Waals surface area contributed by atoms with Crippen LogP contribution in [0.2, 0.25) is 10.0 Å². The van der Waals surface area contributed by atoms with E-state index in [1.165, 1.54) is 18.2 Å². The molecule has 0 aromatic heterocycles. The molecule has 0 bridgehead atoms. The molecule has 0 unspecified atom stereocenters. The number of sulfonamides is 1. The molecule has 3 aromatic carbocycles. The van der Waals surface area contributed by atoms with Crippen molar-refractivity contribution in [1.82, 2.24) is 4.31 Å². The highest BCUT2D eigenvalue weighted by atomic mass is 35.5. The predicted octanol–water partition coefficient (Wildman–Crippen LogP) is 5.48. The second kappa shape index (κ2) is 10.5. The van der Waals surface area contributed by atoms with Crippen molar-refractivity contribution in [3.8, 4) is 0 Å². The van der Waals surface area contributed by atoms with Crippen molar-refractivity contribution in [1.29, 1.82) is 0 Å². The summed E-state index contributed by atoms with van der Waals surface area (Å²) in [6, 6.07) is 19.4. The highest BCUT2D eigenvalue weighted by Crippen LogP contribution is 2.28. The molecule has 1 amide bonds. The number of rotatable bonds is 8. The summed E-state index contributed by atoms with van der Waals surface area (Å²) in [4.78, 5) is 12.7. The number of anilines is 1. The van der Waals surface area contributed by atoms with Crippen molar-refractivity contribution in [3.63, 3.8) is 0 Å². The van der Waals surface area contributed by atoms with E-state index in [1.807, 2.05) is 62.4 Å². The van der Waals surface area contributed by atoms with Crippen LogP contribution < -0.4 is 5.32 Å². The van der Waals surface area contributed by atoms with Gasteiger partial charge in [-0.1, -0.05) is 65.7 Å². The number of amides is 1. The van der Waals surface area contributed by atoms with E-state index >= 15 is 0 Å². The molecule has 0 aliphatic rings. The third kappa shape index (κ3) is 6.11. The average Bonchev–Trinajstić information content (AvgIpc) is 2.76. The largest absolute Gasteiger partial charge is 0.325 e. The first kappa shape index (κ1) is 24.3. The third-order valence-corrected chi connectivity index (χ3v) is 7.55. The van der Waals surface area contributed by atoms with Crippen LogP contribution in [0.1, 0.15) is 16.7 Å². The molecule has 5 nitrogen and oxygen atoms in total. The fourth-order valence-corrected chi connectivity index (χ4v) is 5.35. The van der Waals surface area contributed by atoms with Crippen molar-refractivity contribution in [2.45, 2.75) is 25.2 Å². The summed E-state index contributed by atoms with van der Waals surface area (Å²) >= 11 is 12.2. The van der Waals surface area contributed by atoms with Crippen LogP contribution in [0.4, 0.5) is 5.69 Å². The Balaban J connectivity index is 1.88. The predicted molar refractivity (Wildman–Crippen MR) is 130 cm³/mol. The zero-order chi connectivity index (χ0) is 23.3. The minimum atomic E-state index is -4.07. The lowest BCUT2D eigenvalue weighted by molar-refractivity contribution is -0.116. The number of hydrogen-bond acceptors (Lipinski definition) is 3. The van der Waals surface area contributed by atoms with E-state index in [1.54, 1.807) is 0 Å². The first-order valence-corrected chi connectivity index (χ1v) is 12.2. The maximum atomic E-state index is 13.4. The molecule has 8 heteroatoms. The normalized spacial score (nSPS) is 11.5. The third-order valence-electron chi connectivity index (χ3n) is 4.99. The number of aryl methyl sites for hydroxylation is 2. The lowest BCUT2D eigenvalue weighted by atomic mass is 10.1. The summed E-state index contributed by atoms with van der Waals surface area (Å²) in [5.74, 6) is -0.437. The van der Waals surface area contributed by atoms with Crippen molar-refractivity contribution in [2.75, 3.05) is 18.4 Å². The number of nitrogens with zero attached hydrogens (tertiary/aromatic N) is 1. The second-order valence-electron chi connectivity index (χ2n) is 7.52. The van der Waals surface area contributed by atoms with Crippen LogP contribution in [0.25, 0.3) is 0 Å². The van der Waals surface area contributed by atoms with Crippen LogP contribution >= 0.6 is 23.2 Å². The van der Waals surface area contributed by atoms with Gasteiger partial charge < -0.3 is 5.32 Å². The molecule has 0 radical (unpaired) electrons. The average molecular weight is 491 g/mol. The minimum absolute atomic E-state index is 0.0500. The standard InChI is InChI=1S/C24H24Cl2N2O3S/c1-17-8-9-18(2)22(14-17)27-24(29)16-28(13-12-19-6-4-3-5-7-19)32(30,31)23-15-20(25)10-11-21(23)26/h3-11,14-15H,12-13,16H2,1-2H3,(H,27,29). The Morgan fingerprint density at radius 2 is 1.69 bits per heavy atom.